The van der Waals surface area contributed by atoms with Gasteiger partial charge in [-0.1, -0.05) is 120 Å². The molecule has 0 aliphatic heterocycles. The van der Waals surface area contributed by atoms with Crippen LogP contribution >= 0.6 is 15.8 Å². The van der Waals surface area contributed by atoms with E-state index in [1.54, 1.807) is 6.07 Å². The van der Waals surface area contributed by atoms with Gasteiger partial charge < -0.3 is 7.43 Å². The zero-order valence-corrected chi connectivity index (χ0v) is 32.7. The van der Waals surface area contributed by atoms with Gasteiger partial charge in [0.15, 0.2) is 0 Å². The SMILES string of the molecule is FC(F)(F)c1c[c-]cc(C(F)(F)F)c1.[CH3-].[Pd+2].c1ccc([PH+](c2ccccc2)c2ccccc2)cc1.c1ccc([PH+](c2ccccc2)c2ccccc2)cc1. The number of hydrogen-bond acceptors (Lipinski definition) is 0. The van der Waals surface area contributed by atoms with Crippen molar-refractivity contribution in [3.8, 4) is 0 Å². The van der Waals surface area contributed by atoms with Crippen molar-refractivity contribution in [1.29, 1.82) is 0 Å². The molecule has 0 nitrogen and oxygen atoms in total. The molecule has 0 amide bonds. The summed E-state index contributed by atoms with van der Waals surface area (Å²) in [6.07, 6.45) is -9.56. The van der Waals surface area contributed by atoms with Crippen molar-refractivity contribution in [3.63, 3.8) is 0 Å². The fourth-order valence-corrected chi connectivity index (χ4v) is 10.6. The standard InChI is InChI=1S/2C18H15P.C8H3F6.CH3.Pd/c2*1-4-10-16(11-5-1)19(17-12-6-2-7-13-17)18-14-8-3-9-15-18;9-7(10,11)5-2-1-3-6(4-5)8(12,13)14;;/h2*1-15H;2-4H;1H3;/q;;2*-1;+2/p+2. The van der Waals surface area contributed by atoms with Gasteiger partial charge in [0.05, 0.1) is 15.8 Å². The Morgan fingerprint density at radius 1 is 0.333 bits per heavy atom. The fourth-order valence-electron chi connectivity index (χ4n) is 5.43. The van der Waals surface area contributed by atoms with Gasteiger partial charge in [-0.25, -0.2) is 0 Å². The molecule has 0 aromatic heterocycles. The number of benzene rings is 7. The molecule has 0 saturated carbocycles. The third-order valence-electron chi connectivity index (χ3n) is 7.82. The Kier molecular flexibility index (Phi) is 17.5. The number of rotatable bonds is 6. The zero-order valence-electron chi connectivity index (χ0n) is 29.1. The first-order valence-electron chi connectivity index (χ1n) is 16.3. The van der Waals surface area contributed by atoms with Gasteiger partial charge in [-0.15, -0.1) is 6.07 Å². The summed E-state index contributed by atoms with van der Waals surface area (Å²) < 4.78 is 71.8. The van der Waals surface area contributed by atoms with Crippen LogP contribution in [0, 0.1) is 13.5 Å². The molecule has 9 heteroatoms. The van der Waals surface area contributed by atoms with Gasteiger partial charge in [-0.2, -0.15) is 44.5 Å². The van der Waals surface area contributed by atoms with Crippen molar-refractivity contribution in [2.24, 2.45) is 0 Å². The van der Waals surface area contributed by atoms with Gasteiger partial charge in [-0.3, -0.25) is 0 Å². The van der Waals surface area contributed by atoms with E-state index in [0.29, 0.717) is 12.1 Å². The van der Waals surface area contributed by atoms with E-state index in [4.69, 9.17) is 0 Å². The van der Waals surface area contributed by atoms with E-state index in [9.17, 15) is 26.3 Å². The van der Waals surface area contributed by atoms with Crippen LogP contribution in [0.2, 0.25) is 0 Å². The molecule has 54 heavy (non-hydrogen) atoms. The third kappa shape index (κ3) is 12.9. The van der Waals surface area contributed by atoms with Gasteiger partial charge >= 0.3 is 32.8 Å². The van der Waals surface area contributed by atoms with Crippen LogP contribution in [0.25, 0.3) is 0 Å². The maximum Gasteiger partial charge on any atom is 2.00 e. The second-order valence-electron chi connectivity index (χ2n) is 11.5. The summed E-state index contributed by atoms with van der Waals surface area (Å²) in [6, 6.07) is 67.8. The van der Waals surface area contributed by atoms with Gasteiger partial charge in [0.1, 0.15) is 31.8 Å². The maximum atomic E-state index is 12.0. The molecule has 0 N–H and O–H groups in total. The van der Waals surface area contributed by atoms with Gasteiger partial charge in [0, 0.05) is 0 Å². The van der Waals surface area contributed by atoms with Gasteiger partial charge in [0.2, 0.25) is 0 Å². The largest absolute Gasteiger partial charge is 2.00 e. The van der Waals surface area contributed by atoms with E-state index >= 15 is 0 Å². The number of hydrogen-bond donors (Lipinski definition) is 0. The Labute approximate surface area is 330 Å². The van der Waals surface area contributed by atoms with Crippen molar-refractivity contribution in [1.82, 2.24) is 0 Å². The Hall–Kier alpha value is -4.36. The van der Waals surface area contributed by atoms with Crippen molar-refractivity contribution >= 4 is 47.7 Å². The average Bonchev–Trinajstić information content (AvgIpc) is 3.18. The molecule has 7 aromatic carbocycles. The molecule has 0 bridgehead atoms. The predicted octanol–water partition coefficient (Wildman–Crippen LogP) is 10.3. The quantitative estimate of drug-likeness (QED) is 0.0677. The van der Waals surface area contributed by atoms with E-state index in [-0.39, 0.29) is 33.9 Å². The minimum Gasteiger partial charge on any atom is -0.358 e. The van der Waals surface area contributed by atoms with Crippen LogP contribution in [0.4, 0.5) is 26.3 Å². The molecule has 0 fully saturated rings. The molecule has 0 aliphatic rings. The van der Waals surface area contributed by atoms with Crippen LogP contribution in [0.1, 0.15) is 11.1 Å². The Morgan fingerprint density at radius 3 is 0.685 bits per heavy atom. The van der Waals surface area contributed by atoms with Crippen LogP contribution in [-0.4, -0.2) is 0 Å². The summed E-state index contributed by atoms with van der Waals surface area (Å²) in [5, 5.41) is 8.61. The normalized spacial score (nSPS) is 10.8. The molecule has 278 valence electrons. The molecule has 0 heterocycles. The second-order valence-corrected chi connectivity index (χ2v) is 16.4. The van der Waals surface area contributed by atoms with E-state index in [1.165, 1.54) is 31.8 Å². The molecule has 0 atom stereocenters. The van der Waals surface area contributed by atoms with Crippen LogP contribution < -0.4 is 31.8 Å². The molecule has 0 unspecified atom stereocenters. The van der Waals surface area contributed by atoms with Gasteiger partial charge in [-0.05, 0) is 72.8 Å². The molecule has 7 rings (SSSR count). The van der Waals surface area contributed by atoms with Crippen LogP contribution in [0.15, 0.2) is 200 Å². The van der Waals surface area contributed by atoms with E-state index in [2.05, 4.69) is 182 Å². The molecule has 0 saturated heterocycles. The van der Waals surface area contributed by atoms with E-state index in [1.807, 2.05) is 0 Å². The van der Waals surface area contributed by atoms with Crippen LogP contribution in [-0.2, 0) is 32.8 Å². The molecule has 7 aromatic rings. The molecular weight excluding hydrogens is 823 g/mol. The molecule has 0 spiro atoms. The van der Waals surface area contributed by atoms with E-state index < -0.39 is 39.3 Å². The van der Waals surface area contributed by atoms with Crippen LogP contribution in [0.3, 0.4) is 0 Å². The minimum absolute atomic E-state index is 0. The smallest absolute Gasteiger partial charge is 0.358 e. The first-order chi connectivity index (χ1) is 25.1. The maximum absolute atomic E-state index is 12.0. The van der Waals surface area contributed by atoms with E-state index in [0.717, 1.165) is 0 Å². The summed E-state index contributed by atoms with van der Waals surface area (Å²) >= 11 is 0. The monoisotopic (exact) mass is 860 g/mol. The average molecular weight is 861 g/mol. The van der Waals surface area contributed by atoms with Crippen molar-refractivity contribution in [2.75, 3.05) is 0 Å². The van der Waals surface area contributed by atoms with Crippen molar-refractivity contribution in [2.45, 2.75) is 12.4 Å². The zero-order chi connectivity index (χ0) is 36.8. The van der Waals surface area contributed by atoms with Crippen molar-refractivity contribution in [3.05, 3.63) is 225 Å². The summed E-state index contributed by atoms with van der Waals surface area (Å²) in [5.41, 5.74) is -2.71. The number of halogens is 6. The van der Waals surface area contributed by atoms with Crippen LogP contribution in [0.5, 0.6) is 0 Å². The Morgan fingerprint density at radius 2 is 0.519 bits per heavy atom. The molecular formula is C45H38F6P2Pd+2. The number of alkyl halides is 6. The molecule has 0 aliphatic carbocycles. The third-order valence-corrected chi connectivity index (χ3v) is 13.3. The first-order valence-corrected chi connectivity index (χ1v) is 19.3. The summed E-state index contributed by atoms with van der Waals surface area (Å²) in [7, 11) is -1.75. The summed E-state index contributed by atoms with van der Waals surface area (Å²) in [5.74, 6) is 0. The molecule has 0 radical (unpaired) electrons. The predicted molar refractivity (Wildman–Crippen MR) is 215 cm³/mol. The Bertz CT molecular complexity index is 1710. The first kappa shape index (κ1) is 44.0. The topological polar surface area (TPSA) is 0 Å². The minimum atomic E-state index is -4.78. The summed E-state index contributed by atoms with van der Waals surface area (Å²) in [4.78, 5) is 0. The summed E-state index contributed by atoms with van der Waals surface area (Å²) in [6.45, 7) is 0. The Balaban J connectivity index is 0.000000217. The van der Waals surface area contributed by atoms with Gasteiger partial charge in [0.25, 0.3) is 0 Å². The fraction of sp³-hybridized carbons (Fsp3) is 0.0444. The second kappa shape index (κ2) is 21.5. The van der Waals surface area contributed by atoms with Crippen molar-refractivity contribution < 1.29 is 46.8 Å².